The molecule has 0 unspecified atom stereocenters. The maximum Gasteiger partial charge on any atom is 0.262 e. The van der Waals surface area contributed by atoms with Crippen LogP contribution < -0.4 is 5.56 Å². The number of aromatic nitrogens is 3. The number of thiazole rings is 1. The Bertz CT molecular complexity index is 936. The second kappa shape index (κ2) is 6.41. The van der Waals surface area contributed by atoms with Crippen LogP contribution in [-0.2, 0) is 19.4 Å². The van der Waals surface area contributed by atoms with E-state index in [4.69, 9.17) is 0 Å². The van der Waals surface area contributed by atoms with Gasteiger partial charge in [0, 0.05) is 16.2 Å². The Morgan fingerprint density at radius 1 is 1.25 bits per heavy atom. The molecule has 0 N–H and O–H groups in total. The molecule has 6 heteroatoms. The van der Waals surface area contributed by atoms with Crippen LogP contribution in [0.3, 0.4) is 0 Å². The first kappa shape index (κ1) is 16.0. The van der Waals surface area contributed by atoms with Gasteiger partial charge in [0.25, 0.3) is 5.56 Å². The largest absolute Gasteiger partial charge is 0.293 e. The zero-order chi connectivity index (χ0) is 16.7. The van der Waals surface area contributed by atoms with E-state index in [2.05, 4.69) is 29.2 Å². The second-order valence-electron chi connectivity index (χ2n) is 6.75. The van der Waals surface area contributed by atoms with Crippen molar-refractivity contribution in [3.8, 4) is 0 Å². The van der Waals surface area contributed by atoms with E-state index in [1.807, 2.05) is 0 Å². The van der Waals surface area contributed by atoms with Gasteiger partial charge >= 0.3 is 0 Å². The summed E-state index contributed by atoms with van der Waals surface area (Å²) in [5, 5.41) is 4.04. The van der Waals surface area contributed by atoms with Gasteiger partial charge in [0.2, 0.25) is 0 Å². The van der Waals surface area contributed by atoms with Crippen molar-refractivity contribution in [2.75, 3.05) is 0 Å². The van der Waals surface area contributed by atoms with Crippen LogP contribution in [0.1, 0.15) is 60.2 Å². The fraction of sp³-hybridized carbons (Fsp3) is 0.500. The van der Waals surface area contributed by atoms with Crippen molar-refractivity contribution in [2.24, 2.45) is 0 Å². The SMILES string of the molecule is CC(C)c1nc(Cn2cnc3sc4c(c3c2=O)CCCCC4)cs1. The van der Waals surface area contributed by atoms with Crippen LogP contribution in [0.15, 0.2) is 16.5 Å². The van der Waals surface area contributed by atoms with Crippen molar-refractivity contribution in [1.29, 1.82) is 0 Å². The standard InChI is InChI=1S/C18H21N3OS2/c1-11(2)16-20-12(9-23-16)8-21-10-19-17-15(18(21)22)13-6-4-3-5-7-14(13)24-17/h9-11H,3-8H2,1-2H3. The summed E-state index contributed by atoms with van der Waals surface area (Å²) in [6.07, 6.45) is 7.47. The number of nitrogens with zero attached hydrogens (tertiary/aromatic N) is 3. The summed E-state index contributed by atoms with van der Waals surface area (Å²) >= 11 is 3.38. The zero-order valence-electron chi connectivity index (χ0n) is 14.0. The van der Waals surface area contributed by atoms with Crippen LogP contribution in [0.2, 0.25) is 0 Å². The van der Waals surface area contributed by atoms with Gasteiger partial charge < -0.3 is 0 Å². The third-order valence-electron chi connectivity index (χ3n) is 4.59. The molecule has 1 aliphatic carbocycles. The lowest BCUT2D eigenvalue weighted by Crippen LogP contribution is -2.21. The average Bonchev–Trinajstić information content (AvgIpc) is 3.09. The first-order valence-corrected chi connectivity index (χ1v) is 10.3. The van der Waals surface area contributed by atoms with Crippen molar-refractivity contribution in [1.82, 2.24) is 14.5 Å². The summed E-state index contributed by atoms with van der Waals surface area (Å²) in [6.45, 7) is 4.79. The van der Waals surface area contributed by atoms with E-state index in [1.54, 1.807) is 33.6 Å². The molecule has 126 valence electrons. The number of hydrogen-bond acceptors (Lipinski definition) is 5. The van der Waals surface area contributed by atoms with Gasteiger partial charge in [-0.05, 0) is 31.2 Å². The molecule has 0 saturated heterocycles. The van der Waals surface area contributed by atoms with Crippen molar-refractivity contribution in [2.45, 2.75) is 58.4 Å². The quantitative estimate of drug-likeness (QED) is 0.653. The predicted octanol–water partition coefficient (Wildman–Crippen LogP) is 4.36. The van der Waals surface area contributed by atoms with E-state index in [0.29, 0.717) is 12.5 Å². The summed E-state index contributed by atoms with van der Waals surface area (Å²) in [5.41, 5.74) is 2.31. The Morgan fingerprint density at radius 3 is 2.88 bits per heavy atom. The molecule has 3 heterocycles. The van der Waals surface area contributed by atoms with Crippen molar-refractivity contribution < 1.29 is 0 Å². The van der Waals surface area contributed by atoms with Crippen LogP contribution in [-0.4, -0.2) is 14.5 Å². The Morgan fingerprint density at radius 2 is 2.08 bits per heavy atom. The monoisotopic (exact) mass is 359 g/mol. The van der Waals surface area contributed by atoms with Gasteiger partial charge in [0.15, 0.2) is 0 Å². The van der Waals surface area contributed by atoms with Gasteiger partial charge in [-0.15, -0.1) is 22.7 Å². The van der Waals surface area contributed by atoms with Gasteiger partial charge in [0.05, 0.1) is 29.0 Å². The highest BCUT2D eigenvalue weighted by molar-refractivity contribution is 7.18. The molecule has 0 bridgehead atoms. The Kier molecular flexibility index (Phi) is 4.26. The molecular weight excluding hydrogens is 338 g/mol. The minimum atomic E-state index is 0.0958. The van der Waals surface area contributed by atoms with Gasteiger partial charge in [0.1, 0.15) is 4.83 Å². The molecule has 0 spiro atoms. The van der Waals surface area contributed by atoms with Crippen LogP contribution in [0, 0.1) is 0 Å². The van der Waals surface area contributed by atoms with E-state index in [-0.39, 0.29) is 5.56 Å². The van der Waals surface area contributed by atoms with Gasteiger partial charge in [-0.25, -0.2) is 9.97 Å². The lowest BCUT2D eigenvalue weighted by Gasteiger charge is -2.04. The van der Waals surface area contributed by atoms with E-state index < -0.39 is 0 Å². The lowest BCUT2D eigenvalue weighted by molar-refractivity contribution is 0.711. The minimum absolute atomic E-state index is 0.0958. The Labute approximate surface area is 149 Å². The van der Waals surface area contributed by atoms with Crippen LogP contribution >= 0.6 is 22.7 Å². The summed E-state index contributed by atoms with van der Waals surface area (Å²) in [5.74, 6) is 0.425. The Hall–Kier alpha value is -1.53. The van der Waals surface area contributed by atoms with Crippen molar-refractivity contribution in [3.63, 3.8) is 0 Å². The minimum Gasteiger partial charge on any atom is -0.293 e. The molecular formula is C18H21N3OS2. The highest BCUT2D eigenvalue weighted by Crippen LogP contribution is 2.32. The molecule has 3 aromatic heterocycles. The van der Waals surface area contributed by atoms with E-state index in [1.165, 1.54) is 29.7 Å². The fourth-order valence-corrected chi connectivity index (χ4v) is 5.35. The van der Waals surface area contributed by atoms with E-state index in [9.17, 15) is 4.79 Å². The van der Waals surface area contributed by atoms with Gasteiger partial charge in [-0.2, -0.15) is 0 Å². The number of thiophene rings is 1. The van der Waals surface area contributed by atoms with Crippen molar-refractivity contribution >= 4 is 32.9 Å². The predicted molar refractivity (Wildman–Crippen MR) is 100 cm³/mol. The molecule has 4 nitrogen and oxygen atoms in total. The fourth-order valence-electron chi connectivity index (χ4n) is 3.31. The number of hydrogen-bond donors (Lipinski definition) is 0. The molecule has 0 aliphatic heterocycles. The zero-order valence-corrected chi connectivity index (χ0v) is 15.7. The smallest absolute Gasteiger partial charge is 0.262 e. The summed E-state index contributed by atoms with van der Waals surface area (Å²) in [6, 6.07) is 0. The van der Waals surface area contributed by atoms with E-state index >= 15 is 0 Å². The maximum absolute atomic E-state index is 13.0. The lowest BCUT2D eigenvalue weighted by atomic mass is 10.1. The normalized spacial score (nSPS) is 15.0. The first-order chi connectivity index (χ1) is 11.6. The third-order valence-corrected chi connectivity index (χ3v) is 6.98. The highest BCUT2D eigenvalue weighted by atomic mass is 32.1. The molecule has 4 rings (SSSR count). The highest BCUT2D eigenvalue weighted by Gasteiger charge is 2.19. The van der Waals surface area contributed by atoms with Gasteiger partial charge in [-0.3, -0.25) is 9.36 Å². The molecule has 24 heavy (non-hydrogen) atoms. The third kappa shape index (κ3) is 2.82. The molecule has 1 aliphatic rings. The topological polar surface area (TPSA) is 47.8 Å². The molecule has 0 atom stereocenters. The molecule has 0 amide bonds. The Balaban J connectivity index is 1.75. The molecule has 0 saturated carbocycles. The van der Waals surface area contributed by atoms with Gasteiger partial charge in [-0.1, -0.05) is 20.3 Å². The average molecular weight is 360 g/mol. The number of rotatable bonds is 3. The second-order valence-corrected chi connectivity index (χ2v) is 8.73. The molecule has 0 radical (unpaired) electrons. The number of fused-ring (bicyclic) bond motifs is 3. The maximum atomic E-state index is 13.0. The molecule has 3 aromatic rings. The summed E-state index contributed by atoms with van der Waals surface area (Å²) < 4.78 is 1.72. The van der Waals surface area contributed by atoms with Crippen LogP contribution in [0.4, 0.5) is 0 Å². The number of aryl methyl sites for hydroxylation is 2. The first-order valence-electron chi connectivity index (χ1n) is 8.57. The summed E-state index contributed by atoms with van der Waals surface area (Å²) in [4.78, 5) is 24.5. The summed E-state index contributed by atoms with van der Waals surface area (Å²) in [7, 11) is 0. The van der Waals surface area contributed by atoms with Crippen LogP contribution in [0.25, 0.3) is 10.2 Å². The molecule has 0 fully saturated rings. The van der Waals surface area contributed by atoms with Crippen molar-refractivity contribution in [3.05, 3.63) is 43.2 Å². The van der Waals surface area contributed by atoms with Crippen LogP contribution in [0.5, 0.6) is 0 Å². The van der Waals surface area contributed by atoms with E-state index in [0.717, 1.165) is 33.8 Å². The molecule has 0 aromatic carbocycles.